The van der Waals surface area contributed by atoms with Crippen molar-refractivity contribution in [2.45, 2.75) is 26.4 Å². The summed E-state index contributed by atoms with van der Waals surface area (Å²) < 4.78 is 19.9. The highest BCUT2D eigenvalue weighted by Crippen LogP contribution is 2.25. The molecule has 9 heteroatoms. The van der Waals surface area contributed by atoms with E-state index in [1.807, 2.05) is 12.1 Å². The maximum Gasteiger partial charge on any atom is 0.331 e. The number of aromatic nitrogens is 2. The van der Waals surface area contributed by atoms with Gasteiger partial charge in [-0.15, -0.1) is 0 Å². The molecule has 34 heavy (non-hydrogen) atoms. The van der Waals surface area contributed by atoms with Gasteiger partial charge in [-0.3, -0.25) is 4.79 Å². The number of aryl methyl sites for hydroxylation is 1. The SMILES string of the molecule is Cc1nn(-c2ccc(F)cc2)c(Cl)c1C=CC(=O)OC(C)C(=O)N(CCC#N)c1ccccc1. The molecule has 0 radical (unpaired) electrons. The minimum atomic E-state index is -1.07. The molecule has 1 atom stereocenters. The molecule has 0 aliphatic carbocycles. The molecule has 2 aromatic carbocycles. The number of nitriles is 1. The molecular weight excluding hydrogens is 459 g/mol. The minimum absolute atomic E-state index is 0.136. The standard InChI is InChI=1S/C25H22ClFN4O3/c1-17-22(24(26)31(29-17)21-11-9-19(27)10-12-21)13-14-23(32)34-18(2)25(33)30(16-6-15-28)20-7-4-3-5-8-20/h3-5,7-14,18H,6,16H2,1-2H3. The summed E-state index contributed by atoms with van der Waals surface area (Å²) in [4.78, 5) is 26.7. The van der Waals surface area contributed by atoms with E-state index in [9.17, 15) is 14.0 Å². The van der Waals surface area contributed by atoms with Crippen molar-refractivity contribution in [1.82, 2.24) is 9.78 Å². The molecule has 0 fully saturated rings. The highest BCUT2D eigenvalue weighted by molar-refractivity contribution is 6.31. The molecule has 0 aliphatic heterocycles. The highest BCUT2D eigenvalue weighted by atomic mass is 35.5. The van der Waals surface area contributed by atoms with Crippen LogP contribution in [0.2, 0.25) is 5.15 Å². The molecule has 7 nitrogen and oxygen atoms in total. The molecule has 1 unspecified atom stereocenters. The number of anilines is 1. The molecule has 1 heterocycles. The molecule has 3 aromatic rings. The second-order valence-electron chi connectivity index (χ2n) is 7.32. The Morgan fingerprint density at radius 2 is 1.91 bits per heavy atom. The maximum atomic E-state index is 13.2. The molecule has 0 saturated heterocycles. The minimum Gasteiger partial charge on any atom is -0.449 e. The third-order valence-corrected chi connectivity index (χ3v) is 5.29. The Bertz CT molecular complexity index is 1230. The average Bonchev–Trinajstić information content (AvgIpc) is 3.12. The fraction of sp³-hybridized carbons (Fsp3) is 0.200. The Kier molecular flexibility index (Phi) is 8.17. The van der Waals surface area contributed by atoms with Gasteiger partial charge in [0.05, 0.1) is 23.9 Å². The van der Waals surface area contributed by atoms with Gasteiger partial charge in [-0.2, -0.15) is 10.4 Å². The van der Waals surface area contributed by atoms with Crippen molar-refractivity contribution in [2.75, 3.05) is 11.4 Å². The van der Waals surface area contributed by atoms with Crippen LogP contribution in [-0.4, -0.2) is 34.3 Å². The number of hydrogen-bond donors (Lipinski definition) is 0. The van der Waals surface area contributed by atoms with Crippen LogP contribution in [0.1, 0.15) is 24.6 Å². The third-order valence-electron chi connectivity index (χ3n) is 4.93. The summed E-state index contributed by atoms with van der Waals surface area (Å²) in [6.45, 7) is 3.37. The van der Waals surface area contributed by atoms with E-state index in [0.29, 0.717) is 22.6 Å². The fourth-order valence-electron chi connectivity index (χ4n) is 3.22. The van der Waals surface area contributed by atoms with E-state index in [1.165, 1.54) is 46.8 Å². The van der Waals surface area contributed by atoms with Crippen LogP contribution in [0.5, 0.6) is 0 Å². The van der Waals surface area contributed by atoms with Crippen LogP contribution >= 0.6 is 11.6 Å². The second-order valence-corrected chi connectivity index (χ2v) is 7.68. The van der Waals surface area contributed by atoms with Crippen molar-refractivity contribution in [3.8, 4) is 11.8 Å². The number of carbonyl (C=O) groups is 2. The van der Waals surface area contributed by atoms with Crippen molar-refractivity contribution in [2.24, 2.45) is 0 Å². The van der Waals surface area contributed by atoms with E-state index < -0.39 is 18.0 Å². The number of ether oxygens (including phenoxy) is 1. The zero-order valence-electron chi connectivity index (χ0n) is 18.6. The Balaban J connectivity index is 1.71. The number of carbonyl (C=O) groups excluding carboxylic acids is 2. The van der Waals surface area contributed by atoms with E-state index in [1.54, 1.807) is 31.2 Å². The van der Waals surface area contributed by atoms with Crippen molar-refractivity contribution < 1.29 is 18.7 Å². The van der Waals surface area contributed by atoms with Crippen LogP contribution in [0.25, 0.3) is 11.8 Å². The zero-order valence-corrected chi connectivity index (χ0v) is 19.4. The lowest BCUT2D eigenvalue weighted by Gasteiger charge is -2.24. The van der Waals surface area contributed by atoms with Crippen LogP contribution in [-0.2, 0) is 14.3 Å². The number of rotatable bonds is 8. The van der Waals surface area contributed by atoms with Crippen LogP contribution < -0.4 is 4.90 Å². The summed E-state index contributed by atoms with van der Waals surface area (Å²) in [5.74, 6) is -1.56. The Labute approximate surface area is 201 Å². The number of benzene rings is 2. The van der Waals surface area contributed by atoms with Crippen LogP contribution in [0, 0.1) is 24.1 Å². The number of hydrogen-bond acceptors (Lipinski definition) is 5. The molecule has 1 aromatic heterocycles. The summed E-state index contributed by atoms with van der Waals surface area (Å²) in [7, 11) is 0. The number of amides is 1. The first-order chi connectivity index (χ1) is 16.3. The van der Waals surface area contributed by atoms with Crippen molar-refractivity contribution in [3.05, 3.63) is 82.9 Å². The molecule has 0 N–H and O–H groups in total. The highest BCUT2D eigenvalue weighted by Gasteiger charge is 2.24. The van der Waals surface area contributed by atoms with Crippen LogP contribution in [0.3, 0.4) is 0 Å². The quantitative estimate of drug-likeness (QED) is 0.339. The zero-order chi connectivity index (χ0) is 24.7. The molecule has 0 aliphatic rings. The predicted molar refractivity (Wildman–Crippen MR) is 127 cm³/mol. The van der Waals surface area contributed by atoms with Crippen molar-refractivity contribution in [3.63, 3.8) is 0 Å². The molecular formula is C25H22ClFN4O3. The van der Waals surface area contributed by atoms with Gasteiger partial charge in [0, 0.05) is 23.9 Å². The lowest BCUT2D eigenvalue weighted by molar-refractivity contribution is -0.149. The van der Waals surface area contributed by atoms with Crippen molar-refractivity contribution >= 4 is 35.2 Å². The number of esters is 1. The maximum absolute atomic E-state index is 13.2. The lowest BCUT2D eigenvalue weighted by Crippen LogP contribution is -2.40. The monoisotopic (exact) mass is 480 g/mol. The average molecular weight is 481 g/mol. The van der Waals surface area contributed by atoms with Gasteiger partial charge in [0.2, 0.25) is 0 Å². The first-order valence-electron chi connectivity index (χ1n) is 10.4. The largest absolute Gasteiger partial charge is 0.449 e. The van der Waals surface area contributed by atoms with E-state index in [2.05, 4.69) is 5.10 Å². The van der Waals surface area contributed by atoms with E-state index in [4.69, 9.17) is 21.6 Å². The molecule has 0 bridgehead atoms. The molecule has 0 spiro atoms. The third kappa shape index (κ3) is 5.88. The number of halogens is 2. The number of para-hydroxylation sites is 1. The molecule has 3 rings (SSSR count). The summed E-state index contributed by atoms with van der Waals surface area (Å²) in [6.07, 6.45) is 1.68. The van der Waals surface area contributed by atoms with E-state index in [0.717, 1.165) is 6.08 Å². The molecule has 1 amide bonds. The first-order valence-corrected chi connectivity index (χ1v) is 10.8. The van der Waals surface area contributed by atoms with E-state index in [-0.39, 0.29) is 23.9 Å². The molecule has 0 saturated carbocycles. The second kappa shape index (κ2) is 11.3. The summed E-state index contributed by atoms with van der Waals surface area (Å²) in [6, 6.07) is 16.5. The first kappa shape index (κ1) is 24.7. The topological polar surface area (TPSA) is 88.2 Å². The van der Waals surface area contributed by atoms with Crippen molar-refractivity contribution in [1.29, 1.82) is 5.26 Å². The van der Waals surface area contributed by atoms with Crippen LogP contribution in [0.15, 0.2) is 60.7 Å². The lowest BCUT2D eigenvalue weighted by atomic mass is 10.2. The summed E-state index contributed by atoms with van der Waals surface area (Å²) in [5, 5.41) is 13.5. The predicted octanol–water partition coefficient (Wildman–Crippen LogP) is 4.87. The van der Waals surface area contributed by atoms with Gasteiger partial charge >= 0.3 is 5.97 Å². The Morgan fingerprint density at radius 1 is 1.24 bits per heavy atom. The summed E-state index contributed by atoms with van der Waals surface area (Å²) >= 11 is 6.42. The van der Waals surface area contributed by atoms with Crippen LogP contribution in [0.4, 0.5) is 10.1 Å². The van der Waals surface area contributed by atoms with Gasteiger partial charge in [0.15, 0.2) is 6.10 Å². The van der Waals surface area contributed by atoms with Gasteiger partial charge in [-0.25, -0.2) is 13.9 Å². The van der Waals surface area contributed by atoms with Gasteiger partial charge in [-0.05, 0) is 56.3 Å². The smallest absolute Gasteiger partial charge is 0.331 e. The van der Waals surface area contributed by atoms with Gasteiger partial charge < -0.3 is 9.64 Å². The fourth-order valence-corrected chi connectivity index (χ4v) is 3.56. The normalized spacial score (nSPS) is 11.7. The van der Waals surface area contributed by atoms with E-state index >= 15 is 0 Å². The number of nitrogens with zero attached hydrogens (tertiary/aromatic N) is 4. The Hall–Kier alpha value is -3.96. The van der Waals surface area contributed by atoms with Gasteiger partial charge in [0.25, 0.3) is 5.91 Å². The Morgan fingerprint density at radius 3 is 2.56 bits per heavy atom. The van der Waals surface area contributed by atoms with Gasteiger partial charge in [0.1, 0.15) is 11.0 Å². The van der Waals surface area contributed by atoms with Gasteiger partial charge in [-0.1, -0.05) is 29.8 Å². The summed E-state index contributed by atoms with van der Waals surface area (Å²) in [5.41, 5.74) is 2.21. The molecule has 174 valence electrons.